The average molecular weight is 349 g/mol. The Hall–Kier alpha value is -2.40. The van der Waals surface area contributed by atoms with Crippen LogP contribution >= 0.6 is 11.6 Å². The molecule has 0 aliphatic rings. The van der Waals surface area contributed by atoms with Crippen LogP contribution in [-0.4, -0.2) is 40.3 Å². The van der Waals surface area contributed by atoms with Crippen molar-refractivity contribution in [2.75, 3.05) is 39.3 Å². The summed E-state index contributed by atoms with van der Waals surface area (Å²) in [5.74, 6) is 0.635. The number of anilines is 1. The molecular weight excluding hydrogens is 328 g/mol. The van der Waals surface area contributed by atoms with Crippen molar-refractivity contribution in [3.63, 3.8) is 0 Å². The van der Waals surface area contributed by atoms with Crippen molar-refractivity contribution in [1.29, 1.82) is 0 Å². The zero-order valence-corrected chi connectivity index (χ0v) is 14.8. The zero-order chi connectivity index (χ0) is 17.5. The second-order valence-electron chi connectivity index (χ2n) is 5.21. The summed E-state index contributed by atoms with van der Waals surface area (Å²) in [5.41, 5.74) is 1.53. The number of hydrogen-bond donors (Lipinski definition) is 1. The van der Waals surface area contributed by atoms with Gasteiger partial charge in [-0.3, -0.25) is 4.79 Å². The van der Waals surface area contributed by atoms with Gasteiger partial charge in [0.05, 0.1) is 19.2 Å². The van der Waals surface area contributed by atoms with Crippen molar-refractivity contribution in [2.24, 2.45) is 0 Å². The number of nitrogens with one attached hydrogen (secondary N) is 1. The van der Waals surface area contributed by atoms with E-state index in [0.29, 0.717) is 35.2 Å². The molecule has 0 aromatic heterocycles. The summed E-state index contributed by atoms with van der Waals surface area (Å²) < 4.78 is 10.4. The molecule has 128 valence electrons. The number of carbonyl (C=O) groups excluding carboxylic acids is 1. The van der Waals surface area contributed by atoms with Crippen molar-refractivity contribution in [1.82, 2.24) is 5.32 Å². The van der Waals surface area contributed by atoms with Gasteiger partial charge in [0.1, 0.15) is 0 Å². The molecule has 24 heavy (non-hydrogen) atoms. The molecule has 0 saturated heterocycles. The molecule has 0 radical (unpaired) electrons. The molecule has 2 aromatic rings. The summed E-state index contributed by atoms with van der Waals surface area (Å²) in [5, 5.41) is 3.22. The van der Waals surface area contributed by atoms with Gasteiger partial charge in [0.15, 0.2) is 11.5 Å². The summed E-state index contributed by atoms with van der Waals surface area (Å²) in [4.78, 5) is 14.4. The Morgan fingerprint density at radius 3 is 2.50 bits per heavy atom. The highest BCUT2D eigenvalue weighted by molar-refractivity contribution is 6.32. The number of likely N-dealkylation sites (N-methyl/N-ethyl adjacent to an activating group) is 1. The third-order valence-corrected chi connectivity index (χ3v) is 3.91. The Balaban J connectivity index is 1.96. The maximum absolute atomic E-state index is 12.3. The molecule has 0 bridgehead atoms. The Labute approximate surface area is 147 Å². The number of nitrogens with zero attached hydrogens (tertiary/aromatic N) is 1. The summed E-state index contributed by atoms with van der Waals surface area (Å²) in [7, 11) is 4.99. The predicted octanol–water partition coefficient (Wildman–Crippen LogP) is 3.22. The van der Waals surface area contributed by atoms with Gasteiger partial charge < -0.3 is 19.7 Å². The molecule has 0 aliphatic carbocycles. The normalized spacial score (nSPS) is 10.2. The summed E-state index contributed by atoms with van der Waals surface area (Å²) >= 11 is 6.13. The number of hydrogen-bond acceptors (Lipinski definition) is 4. The zero-order valence-electron chi connectivity index (χ0n) is 14.0. The molecule has 0 fully saturated rings. The largest absolute Gasteiger partial charge is 0.493 e. The van der Waals surface area contributed by atoms with Crippen LogP contribution in [0.4, 0.5) is 5.69 Å². The van der Waals surface area contributed by atoms with Crippen LogP contribution in [0.1, 0.15) is 10.4 Å². The van der Waals surface area contributed by atoms with E-state index in [1.165, 1.54) is 14.2 Å². The molecule has 1 amide bonds. The van der Waals surface area contributed by atoms with E-state index in [2.05, 4.69) is 10.2 Å². The molecule has 0 heterocycles. The topological polar surface area (TPSA) is 50.8 Å². The predicted molar refractivity (Wildman–Crippen MR) is 96.6 cm³/mol. The number of methoxy groups -OCH3 is 2. The fourth-order valence-electron chi connectivity index (χ4n) is 2.30. The smallest absolute Gasteiger partial charge is 0.251 e. The van der Waals surface area contributed by atoms with Crippen LogP contribution in [0.15, 0.2) is 42.5 Å². The van der Waals surface area contributed by atoms with Crippen LogP contribution < -0.4 is 19.7 Å². The van der Waals surface area contributed by atoms with Crippen molar-refractivity contribution in [2.45, 2.75) is 0 Å². The van der Waals surface area contributed by atoms with E-state index < -0.39 is 0 Å². The number of benzene rings is 2. The van der Waals surface area contributed by atoms with Gasteiger partial charge in [-0.05, 0) is 24.3 Å². The Kier molecular flexibility index (Phi) is 6.32. The van der Waals surface area contributed by atoms with Gasteiger partial charge in [-0.1, -0.05) is 29.8 Å². The average Bonchev–Trinajstić information content (AvgIpc) is 2.61. The number of halogens is 1. The van der Waals surface area contributed by atoms with E-state index in [9.17, 15) is 4.79 Å². The monoisotopic (exact) mass is 348 g/mol. The number of ether oxygens (including phenoxy) is 2. The van der Waals surface area contributed by atoms with Crippen molar-refractivity contribution < 1.29 is 14.3 Å². The SMILES string of the molecule is COc1cc(C(=O)NCCN(C)c2ccccc2)cc(Cl)c1OC. The fourth-order valence-corrected chi connectivity index (χ4v) is 2.59. The summed E-state index contributed by atoms with van der Waals surface area (Å²) in [6.45, 7) is 1.20. The van der Waals surface area contributed by atoms with Crippen LogP contribution in [-0.2, 0) is 0 Å². The van der Waals surface area contributed by atoms with E-state index in [-0.39, 0.29) is 5.91 Å². The lowest BCUT2D eigenvalue weighted by Gasteiger charge is -2.19. The van der Waals surface area contributed by atoms with Gasteiger partial charge in [0.25, 0.3) is 5.91 Å². The van der Waals surface area contributed by atoms with Gasteiger partial charge in [-0.15, -0.1) is 0 Å². The summed E-state index contributed by atoms with van der Waals surface area (Å²) in [6.07, 6.45) is 0. The number of rotatable bonds is 7. The molecule has 5 nitrogen and oxygen atoms in total. The maximum Gasteiger partial charge on any atom is 0.251 e. The minimum Gasteiger partial charge on any atom is -0.493 e. The molecule has 2 rings (SSSR count). The van der Waals surface area contributed by atoms with Crippen molar-refractivity contribution >= 4 is 23.2 Å². The molecule has 0 unspecified atom stereocenters. The lowest BCUT2D eigenvalue weighted by Crippen LogP contribution is -2.33. The van der Waals surface area contributed by atoms with Gasteiger partial charge in [-0.2, -0.15) is 0 Å². The highest BCUT2D eigenvalue weighted by Crippen LogP contribution is 2.35. The van der Waals surface area contributed by atoms with Gasteiger partial charge >= 0.3 is 0 Å². The molecule has 0 atom stereocenters. The van der Waals surface area contributed by atoms with Crippen molar-refractivity contribution in [3.8, 4) is 11.5 Å². The molecule has 0 aliphatic heterocycles. The number of para-hydroxylation sites is 1. The molecule has 1 N–H and O–H groups in total. The highest BCUT2D eigenvalue weighted by Gasteiger charge is 2.15. The van der Waals surface area contributed by atoms with E-state index in [4.69, 9.17) is 21.1 Å². The van der Waals surface area contributed by atoms with Gasteiger partial charge in [0.2, 0.25) is 0 Å². The first-order valence-corrected chi connectivity index (χ1v) is 7.90. The van der Waals surface area contributed by atoms with E-state index in [1.807, 2.05) is 37.4 Å². The van der Waals surface area contributed by atoms with Crippen LogP contribution in [0.3, 0.4) is 0 Å². The molecule has 2 aromatic carbocycles. The Bertz CT molecular complexity index is 692. The fraction of sp³-hybridized carbons (Fsp3) is 0.278. The third-order valence-electron chi connectivity index (χ3n) is 3.63. The maximum atomic E-state index is 12.3. The Morgan fingerprint density at radius 1 is 1.17 bits per heavy atom. The standard InChI is InChI=1S/C18H21ClN2O3/c1-21(14-7-5-4-6-8-14)10-9-20-18(22)13-11-15(19)17(24-3)16(12-13)23-2/h4-8,11-12H,9-10H2,1-3H3,(H,20,22). The molecule has 6 heteroatoms. The van der Waals surface area contributed by atoms with E-state index >= 15 is 0 Å². The van der Waals surface area contributed by atoms with Crippen LogP contribution in [0.5, 0.6) is 11.5 Å². The van der Waals surface area contributed by atoms with Crippen LogP contribution in [0, 0.1) is 0 Å². The second-order valence-corrected chi connectivity index (χ2v) is 5.61. The van der Waals surface area contributed by atoms with Gasteiger partial charge in [0, 0.05) is 31.4 Å². The third kappa shape index (κ3) is 4.32. The molecule has 0 spiro atoms. The van der Waals surface area contributed by atoms with Crippen LogP contribution in [0.25, 0.3) is 0 Å². The first kappa shape index (κ1) is 17.9. The summed E-state index contributed by atoms with van der Waals surface area (Å²) in [6, 6.07) is 13.2. The molecular formula is C18H21ClN2O3. The quantitative estimate of drug-likeness (QED) is 0.834. The number of carbonyl (C=O) groups is 1. The Morgan fingerprint density at radius 2 is 1.88 bits per heavy atom. The van der Waals surface area contributed by atoms with Crippen molar-refractivity contribution in [3.05, 3.63) is 53.1 Å². The lowest BCUT2D eigenvalue weighted by atomic mass is 10.2. The van der Waals surface area contributed by atoms with E-state index in [0.717, 1.165) is 5.69 Å². The minimum atomic E-state index is -0.209. The van der Waals surface area contributed by atoms with E-state index in [1.54, 1.807) is 12.1 Å². The molecule has 0 saturated carbocycles. The first-order valence-electron chi connectivity index (χ1n) is 7.52. The highest BCUT2D eigenvalue weighted by atomic mass is 35.5. The van der Waals surface area contributed by atoms with Gasteiger partial charge in [-0.25, -0.2) is 0 Å². The first-order chi connectivity index (χ1) is 11.6. The minimum absolute atomic E-state index is 0.209. The number of amides is 1. The van der Waals surface area contributed by atoms with Crippen LogP contribution in [0.2, 0.25) is 5.02 Å². The second kappa shape index (κ2) is 8.45. The lowest BCUT2D eigenvalue weighted by molar-refractivity contribution is 0.0954.